The maximum absolute atomic E-state index is 8.73. The zero-order valence-corrected chi connectivity index (χ0v) is 12.2. The molecule has 0 N–H and O–H groups in total. The van der Waals surface area contributed by atoms with Gasteiger partial charge in [-0.1, -0.05) is 29.8 Å². The first-order valence-corrected chi connectivity index (χ1v) is 6.66. The first-order chi connectivity index (χ1) is 10.2. The number of benzene rings is 2. The molecule has 21 heavy (non-hydrogen) atoms. The Morgan fingerprint density at radius 3 is 2.52 bits per heavy atom. The molecule has 0 saturated carbocycles. The Bertz CT molecular complexity index is 761. The summed E-state index contributed by atoms with van der Waals surface area (Å²) in [6.07, 6.45) is 1.49. The lowest BCUT2D eigenvalue weighted by atomic mass is 10.1. The van der Waals surface area contributed by atoms with Gasteiger partial charge in [-0.15, -0.1) is 0 Å². The third-order valence-corrected chi connectivity index (χ3v) is 3.04. The van der Waals surface area contributed by atoms with Crippen molar-refractivity contribution in [3.05, 3.63) is 65.2 Å². The fourth-order valence-corrected chi connectivity index (χ4v) is 1.86. The Morgan fingerprint density at radius 2 is 1.81 bits per heavy atom. The number of rotatable bonds is 3. The van der Waals surface area contributed by atoms with Crippen molar-refractivity contribution in [3.63, 3.8) is 0 Å². The fraction of sp³-hybridized carbons (Fsp3) is 0.0588. The highest BCUT2D eigenvalue weighted by Gasteiger charge is 2.01. The molecule has 0 bridgehead atoms. The van der Waals surface area contributed by atoms with Crippen molar-refractivity contribution < 1.29 is 0 Å². The van der Waals surface area contributed by atoms with Crippen LogP contribution in [0.25, 0.3) is 5.57 Å². The van der Waals surface area contributed by atoms with Crippen LogP contribution in [-0.4, -0.2) is 6.01 Å². The molecule has 0 aromatic heterocycles. The van der Waals surface area contributed by atoms with Crippen LogP contribution in [0.15, 0.2) is 64.6 Å². The van der Waals surface area contributed by atoms with Crippen molar-refractivity contribution in [2.75, 3.05) is 0 Å². The topological polar surface area (TPSA) is 48.5 Å². The number of hydrogen-bond acceptors (Lipinski definition) is 3. The highest BCUT2D eigenvalue weighted by molar-refractivity contribution is 6.30. The van der Waals surface area contributed by atoms with Crippen molar-refractivity contribution >= 4 is 34.6 Å². The zero-order chi connectivity index (χ0) is 15.1. The summed E-state index contributed by atoms with van der Waals surface area (Å²) in [6, 6.07) is 19.3. The first kappa shape index (κ1) is 14.7. The van der Waals surface area contributed by atoms with Crippen molar-refractivity contribution in [2.45, 2.75) is 6.92 Å². The molecule has 2 aromatic rings. The molecule has 0 saturated heterocycles. The Morgan fingerprint density at radius 1 is 1.10 bits per heavy atom. The molecule has 0 atom stereocenters. The van der Waals surface area contributed by atoms with E-state index in [9.17, 15) is 0 Å². The number of aliphatic imine (C=N–C) groups is 2. The van der Waals surface area contributed by atoms with Crippen LogP contribution < -0.4 is 0 Å². The van der Waals surface area contributed by atoms with Gasteiger partial charge in [0.15, 0.2) is 0 Å². The second kappa shape index (κ2) is 7.21. The largest absolute Gasteiger partial charge is 0.193 e. The molecule has 0 aliphatic rings. The van der Waals surface area contributed by atoms with E-state index in [1.54, 1.807) is 24.3 Å². The second-order valence-electron chi connectivity index (χ2n) is 4.27. The molecule has 2 aromatic carbocycles. The van der Waals surface area contributed by atoms with Crippen LogP contribution in [0.1, 0.15) is 12.5 Å². The lowest BCUT2D eigenvalue weighted by Gasteiger charge is -2.02. The molecule has 0 aliphatic heterocycles. The van der Waals surface area contributed by atoms with E-state index in [2.05, 4.69) is 16.0 Å². The van der Waals surface area contributed by atoms with E-state index in [0.29, 0.717) is 5.02 Å². The summed E-state index contributed by atoms with van der Waals surface area (Å²) in [5.74, 6) is 0. The average Bonchev–Trinajstić information content (AvgIpc) is 2.50. The molecule has 0 heterocycles. The molecule has 102 valence electrons. The Hall–Kier alpha value is -2.66. The summed E-state index contributed by atoms with van der Waals surface area (Å²) < 4.78 is 0. The monoisotopic (exact) mass is 293 g/mol. The molecule has 0 unspecified atom stereocenters. The van der Waals surface area contributed by atoms with Gasteiger partial charge in [-0.25, -0.2) is 0 Å². The maximum Gasteiger partial charge on any atom is 0.100 e. The SMILES string of the molecule is C/C(=C\C#N)c1ccccc1N=C=Nc1ccc(Cl)cc1. The maximum atomic E-state index is 8.73. The summed E-state index contributed by atoms with van der Waals surface area (Å²) >= 11 is 5.81. The van der Waals surface area contributed by atoms with Gasteiger partial charge in [-0.2, -0.15) is 15.2 Å². The molecule has 0 amide bonds. The predicted octanol–water partition coefficient (Wildman–Crippen LogP) is 5.40. The van der Waals surface area contributed by atoms with E-state index in [0.717, 1.165) is 22.5 Å². The standard InChI is InChI=1S/C17H12ClN3/c1-13(10-11-19)16-4-2-3-5-17(16)21-12-20-15-8-6-14(18)7-9-15/h2-10H,1H3/b13-10+. The average molecular weight is 294 g/mol. The molecule has 2 rings (SSSR count). The van der Waals surface area contributed by atoms with Gasteiger partial charge in [0, 0.05) is 16.7 Å². The van der Waals surface area contributed by atoms with Crippen molar-refractivity contribution in [3.8, 4) is 6.07 Å². The van der Waals surface area contributed by atoms with Gasteiger partial charge in [0.2, 0.25) is 0 Å². The van der Waals surface area contributed by atoms with Crippen LogP contribution in [0, 0.1) is 11.3 Å². The third-order valence-electron chi connectivity index (χ3n) is 2.79. The highest BCUT2D eigenvalue weighted by Crippen LogP contribution is 2.25. The van der Waals surface area contributed by atoms with E-state index in [1.165, 1.54) is 6.08 Å². The van der Waals surface area contributed by atoms with Gasteiger partial charge in [0.1, 0.15) is 6.01 Å². The van der Waals surface area contributed by atoms with E-state index in [4.69, 9.17) is 16.9 Å². The van der Waals surface area contributed by atoms with Crippen LogP contribution in [0.2, 0.25) is 5.02 Å². The van der Waals surface area contributed by atoms with Gasteiger partial charge < -0.3 is 0 Å². The first-order valence-electron chi connectivity index (χ1n) is 6.28. The van der Waals surface area contributed by atoms with E-state index < -0.39 is 0 Å². The van der Waals surface area contributed by atoms with Gasteiger partial charge >= 0.3 is 0 Å². The van der Waals surface area contributed by atoms with Crippen molar-refractivity contribution in [1.82, 2.24) is 0 Å². The van der Waals surface area contributed by atoms with E-state index >= 15 is 0 Å². The minimum absolute atomic E-state index is 0.661. The van der Waals surface area contributed by atoms with Crippen LogP contribution in [0.5, 0.6) is 0 Å². The molecule has 3 nitrogen and oxygen atoms in total. The Balaban J connectivity index is 2.31. The zero-order valence-electron chi connectivity index (χ0n) is 11.4. The summed E-state index contributed by atoms with van der Waals surface area (Å²) in [4.78, 5) is 8.36. The summed E-state index contributed by atoms with van der Waals surface area (Å²) in [6.45, 7) is 1.87. The number of allylic oxidation sites excluding steroid dienone is 2. The Kier molecular flexibility index (Phi) is 5.06. The molecule has 0 fully saturated rings. The molecular weight excluding hydrogens is 282 g/mol. The van der Waals surface area contributed by atoms with Crippen LogP contribution in [-0.2, 0) is 0 Å². The summed E-state index contributed by atoms with van der Waals surface area (Å²) in [5, 5.41) is 9.39. The van der Waals surface area contributed by atoms with Crippen LogP contribution in [0.3, 0.4) is 0 Å². The molecule has 0 radical (unpaired) electrons. The third kappa shape index (κ3) is 4.15. The van der Waals surface area contributed by atoms with Crippen LogP contribution in [0.4, 0.5) is 11.4 Å². The van der Waals surface area contributed by atoms with Crippen molar-refractivity contribution in [1.29, 1.82) is 5.26 Å². The lowest BCUT2D eigenvalue weighted by Crippen LogP contribution is -1.80. The fourth-order valence-electron chi connectivity index (χ4n) is 1.73. The second-order valence-corrected chi connectivity index (χ2v) is 4.71. The lowest BCUT2D eigenvalue weighted by molar-refractivity contribution is 1.45. The van der Waals surface area contributed by atoms with Crippen LogP contribution >= 0.6 is 11.6 Å². The minimum Gasteiger partial charge on any atom is -0.193 e. The minimum atomic E-state index is 0.661. The molecular formula is C17H12ClN3. The van der Waals surface area contributed by atoms with Gasteiger partial charge in [-0.3, -0.25) is 0 Å². The van der Waals surface area contributed by atoms with E-state index in [-0.39, 0.29) is 0 Å². The number of nitriles is 1. The van der Waals surface area contributed by atoms with Gasteiger partial charge in [-0.05, 0) is 42.8 Å². The van der Waals surface area contributed by atoms with Gasteiger partial charge in [0.25, 0.3) is 0 Å². The summed E-state index contributed by atoms with van der Waals surface area (Å²) in [5.41, 5.74) is 3.19. The normalized spacial score (nSPS) is 10.4. The molecule has 0 spiro atoms. The molecule has 0 aliphatic carbocycles. The van der Waals surface area contributed by atoms with E-state index in [1.807, 2.05) is 37.3 Å². The Labute approximate surface area is 128 Å². The summed E-state index contributed by atoms with van der Waals surface area (Å²) in [7, 11) is 0. The number of halogens is 1. The smallest absolute Gasteiger partial charge is 0.100 e. The van der Waals surface area contributed by atoms with Gasteiger partial charge in [0.05, 0.1) is 17.4 Å². The number of para-hydroxylation sites is 1. The van der Waals surface area contributed by atoms with Crippen molar-refractivity contribution in [2.24, 2.45) is 9.98 Å². The molecule has 4 heteroatoms. The number of hydrogen-bond donors (Lipinski definition) is 0. The quantitative estimate of drug-likeness (QED) is 0.552. The number of nitrogens with zero attached hydrogens (tertiary/aromatic N) is 3. The highest BCUT2D eigenvalue weighted by atomic mass is 35.5. The predicted molar refractivity (Wildman–Crippen MR) is 86.3 cm³/mol.